The van der Waals surface area contributed by atoms with E-state index in [1.54, 1.807) is 17.9 Å². The van der Waals surface area contributed by atoms with Crippen LogP contribution in [0.15, 0.2) is 36.4 Å². The van der Waals surface area contributed by atoms with Crippen LogP contribution >= 0.6 is 23.2 Å². The van der Waals surface area contributed by atoms with E-state index in [9.17, 15) is 14.0 Å². The number of ketones is 1. The van der Waals surface area contributed by atoms with E-state index in [2.05, 4.69) is 0 Å². The summed E-state index contributed by atoms with van der Waals surface area (Å²) < 4.78 is 25.1. The number of allylic oxidation sites excluding steroid dienone is 2. The molecule has 0 atom stereocenters. The van der Waals surface area contributed by atoms with Crippen LogP contribution in [-0.4, -0.2) is 35.5 Å². The molecule has 1 spiro atoms. The quantitative estimate of drug-likeness (QED) is 0.283. The van der Waals surface area contributed by atoms with E-state index in [1.165, 1.54) is 18.2 Å². The van der Waals surface area contributed by atoms with Crippen molar-refractivity contribution in [1.82, 2.24) is 4.90 Å². The van der Waals surface area contributed by atoms with Crippen molar-refractivity contribution in [2.45, 2.75) is 45.5 Å². The van der Waals surface area contributed by atoms with Crippen molar-refractivity contribution < 1.29 is 23.5 Å². The Labute approximate surface area is 202 Å². The van der Waals surface area contributed by atoms with Crippen LogP contribution in [0, 0.1) is 5.82 Å². The molecule has 4 rings (SSSR count). The number of rotatable bonds is 3. The number of halogens is 3. The minimum Gasteiger partial charge on any atom is -0.444 e. The fourth-order valence-corrected chi connectivity index (χ4v) is 4.53. The lowest BCUT2D eigenvalue weighted by Crippen LogP contribution is -2.61. The van der Waals surface area contributed by atoms with E-state index in [0.29, 0.717) is 36.4 Å². The minimum absolute atomic E-state index is 0.0985. The molecule has 1 amide bonds. The first kappa shape index (κ1) is 23.7. The summed E-state index contributed by atoms with van der Waals surface area (Å²) >= 11 is 11.7. The highest BCUT2D eigenvalue weighted by atomic mass is 35.5. The van der Waals surface area contributed by atoms with Crippen LogP contribution < -0.4 is 0 Å². The highest BCUT2D eigenvalue weighted by Gasteiger charge is 2.52. The Morgan fingerprint density at radius 2 is 1.76 bits per heavy atom. The second kappa shape index (κ2) is 8.42. The van der Waals surface area contributed by atoms with Crippen molar-refractivity contribution in [1.29, 1.82) is 0 Å². The Balaban J connectivity index is 1.49. The number of benzene rings is 2. The standard InChI is InChI=1S/C25H24Cl2FNO4/c1-14(16-9-19(26)22(28)20(27)10-16)7-21(30)15-5-6-18-17(8-15)11-32-25(18)12-29(13-25)23(31)33-24(2,3)4/h5-10H,11-13H2,1-4H3/b14-7+. The summed E-state index contributed by atoms with van der Waals surface area (Å²) in [5.41, 5.74) is 2.49. The monoisotopic (exact) mass is 491 g/mol. The van der Waals surface area contributed by atoms with E-state index < -0.39 is 17.0 Å². The number of fused-ring (bicyclic) bond motifs is 2. The number of hydrogen-bond acceptors (Lipinski definition) is 4. The van der Waals surface area contributed by atoms with Crippen molar-refractivity contribution in [3.05, 3.63) is 74.5 Å². The van der Waals surface area contributed by atoms with Crippen molar-refractivity contribution >= 4 is 40.7 Å². The number of likely N-dealkylation sites (tertiary alicyclic amines) is 1. The molecule has 2 aliphatic heterocycles. The van der Waals surface area contributed by atoms with Crippen LogP contribution in [0.2, 0.25) is 10.0 Å². The number of carbonyl (C=O) groups excluding carboxylic acids is 2. The topological polar surface area (TPSA) is 55.8 Å². The lowest BCUT2D eigenvalue weighted by atomic mass is 9.84. The number of nitrogens with zero attached hydrogens (tertiary/aromatic N) is 1. The molecule has 174 valence electrons. The molecule has 1 fully saturated rings. The minimum atomic E-state index is -0.685. The van der Waals surface area contributed by atoms with Crippen molar-refractivity contribution in [2.24, 2.45) is 0 Å². The third-order valence-electron chi connectivity index (χ3n) is 5.72. The zero-order valence-electron chi connectivity index (χ0n) is 18.8. The van der Waals surface area contributed by atoms with Gasteiger partial charge in [-0.3, -0.25) is 4.79 Å². The molecule has 2 heterocycles. The van der Waals surface area contributed by atoms with Gasteiger partial charge in [0.25, 0.3) is 0 Å². The van der Waals surface area contributed by atoms with E-state index in [1.807, 2.05) is 32.9 Å². The fraction of sp³-hybridized carbons (Fsp3) is 0.360. The molecule has 0 aromatic heterocycles. The number of amides is 1. The second-order valence-corrected chi connectivity index (χ2v) is 10.3. The summed E-state index contributed by atoms with van der Waals surface area (Å²) in [4.78, 5) is 26.7. The molecule has 2 aromatic carbocycles. The van der Waals surface area contributed by atoms with Gasteiger partial charge in [-0.15, -0.1) is 0 Å². The molecule has 8 heteroatoms. The fourth-order valence-electron chi connectivity index (χ4n) is 4.04. The van der Waals surface area contributed by atoms with Gasteiger partial charge in [0.1, 0.15) is 11.2 Å². The molecule has 5 nitrogen and oxygen atoms in total. The predicted molar refractivity (Wildman–Crippen MR) is 125 cm³/mol. The van der Waals surface area contributed by atoms with Gasteiger partial charge in [0.05, 0.1) is 29.7 Å². The van der Waals surface area contributed by atoms with Crippen molar-refractivity contribution in [3.8, 4) is 0 Å². The maximum atomic E-state index is 13.7. The van der Waals surface area contributed by atoms with Gasteiger partial charge in [-0.1, -0.05) is 35.3 Å². The summed E-state index contributed by atoms with van der Waals surface area (Å²) in [5.74, 6) is -0.883. The van der Waals surface area contributed by atoms with Crippen LogP contribution in [0.3, 0.4) is 0 Å². The van der Waals surface area contributed by atoms with Gasteiger partial charge in [-0.05, 0) is 74.2 Å². The van der Waals surface area contributed by atoms with Gasteiger partial charge in [0.2, 0.25) is 0 Å². The van der Waals surface area contributed by atoms with Crippen LogP contribution in [0.1, 0.15) is 54.7 Å². The van der Waals surface area contributed by atoms with Gasteiger partial charge >= 0.3 is 6.09 Å². The number of hydrogen-bond donors (Lipinski definition) is 0. The van der Waals surface area contributed by atoms with Gasteiger partial charge < -0.3 is 14.4 Å². The second-order valence-electron chi connectivity index (χ2n) is 9.44. The van der Waals surface area contributed by atoms with E-state index in [-0.39, 0.29) is 21.9 Å². The Kier molecular flexibility index (Phi) is 6.06. The summed E-state index contributed by atoms with van der Waals surface area (Å²) in [6.45, 7) is 8.41. The Hall–Kier alpha value is -2.41. The average molecular weight is 492 g/mol. The average Bonchev–Trinajstić information content (AvgIpc) is 3.08. The Morgan fingerprint density at radius 1 is 1.12 bits per heavy atom. The highest BCUT2D eigenvalue weighted by Crippen LogP contribution is 2.44. The largest absolute Gasteiger partial charge is 0.444 e. The third kappa shape index (κ3) is 4.65. The first-order chi connectivity index (χ1) is 15.4. The number of ether oxygens (including phenoxy) is 2. The maximum Gasteiger partial charge on any atom is 0.410 e. The number of carbonyl (C=O) groups is 2. The van der Waals surface area contributed by atoms with Crippen LogP contribution in [0.4, 0.5) is 9.18 Å². The van der Waals surface area contributed by atoms with Crippen LogP contribution in [-0.2, 0) is 21.7 Å². The smallest absolute Gasteiger partial charge is 0.410 e. The molecule has 0 radical (unpaired) electrons. The van der Waals surface area contributed by atoms with Gasteiger partial charge in [-0.25, -0.2) is 9.18 Å². The highest BCUT2D eigenvalue weighted by molar-refractivity contribution is 6.35. The Morgan fingerprint density at radius 3 is 2.36 bits per heavy atom. The summed E-state index contributed by atoms with van der Waals surface area (Å²) in [7, 11) is 0. The molecule has 2 aromatic rings. The first-order valence-corrected chi connectivity index (χ1v) is 11.3. The molecule has 0 bridgehead atoms. The molecule has 0 aliphatic carbocycles. The lowest BCUT2D eigenvalue weighted by molar-refractivity contribution is -0.137. The van der Waals surface area contributed by atoms with Crippen molar-refractivity contribution in [3.63, 3.8) is 0 Å². The molecule has 0 N–H and O–H groups in total. The molecular weight excluding hydrogens is 468 g/mol. The zero-order valence-corrected chi connectivity index (χ0v) is 20.3. The first-order valence-electron chi connectivity index (χ1n) is 10.5. The molecule has 33 heavy (non-hydrogen) atoms. The molecule has 1 saturated heterocycles. The normalized spacial score (nSPS) is 17.1. The Bertz CT molecular complexity index is 1160. The van der Waals surface area contributed by atoms with E-state index in [4.69, 9.17) is 32.7 Å². The third-order valence-corrected chi connectivity index (χ3v) is 6.27. The zero-order chi connectivity index (χ0) is 24.1. The SMILES string of the molecule is C/C(=C\C(=O)c1ccc2c(c1)COC21CN(C(=O)OC(C)(C)C)C1)c1cc(Cl)c(F)c(Cl)c1. The maximum absolute atomic E-state index is 13.7. The van der Waals surface area contributed by atoms with Crippen molar-refractivity contribution in [2.75, 3.05) is 13.1 Å². The lowest BCUT2D eigenvalue weighted by Gasteiger charge is -2.47. The van der Waals surface area contributed by atoms with Crippen LogP contribution in [0.25, 0.3) is 5.57 Å². The van der Waals surface area contributed by atoms with Gasteiger partial charge in [0, 0.05) is 5.56 Å². The summed E-state index contributed by atoms with van der Waals surface area (Å²) in [5, 5.41) is -0.197. The predicted octanol–water partition coefficient (Wildman–Crippen LogP) is 6.39. The van der Waals surface area contributed by atoms with Gasteiger partial charge in [0.15, 0.2) is 11.6 Å². The van der Waals surface area contributed by atoms with Crippen LogP contribution in [0.5, 0.6) is 0 Å². The van der Waals surface area contributed by atoms with E-state index in [0.717, 1.165) is 11.1 Å². The van der Waals surface area contributed by atoms with E-state index >= 15 is 0 Å². The molecular formula is C25H24Cl2FNO4. The molecule has 0 unspecified atom stereocenters. The molecule has 2 aliphatic rings. The van der Waals surface area contributed by atoms with Gasteiger partial charge in [-0.2, -0.15) is 0 Å². The summed E-state index contributed by atoms with van der Waals surface area (Å²) in [6, 6.07) is 8.33. The summed E-state index contributed by atoms with van der Waals surface area (Å²) in [6.07, 6.45) is 1.11. The molecule has 0 saturated carbocycles.